The smallest absolute Gasteiger partial charge is 0.396 e. The highest BCUT2D eigenvalue weighted by Crippen LogP contribution is 2.50. The van der Waals surface area contributed by atoms with Gasteiger partial charge in [-0.15, -0.1) is 0 Å². The van der Waals surface area contributed by atoms with Crippen molar-refractivity contribution in [3.05, 3.63) is 0 Å². The Kier molecular flexibility index (Phi) is 12.1. The van der Waals surface area contributed by atoms with Crippen molar-refractivity contribution in [1.82, 2.24) is 0 Å². The van der Waals surface area contributed by atoms with Gasteiger partial charge in [-0.3, -0.25) is 18.1 Å². The van der Waals surface area contributed by atoms with Crippen LogP contribution in [0.15, 0.2) is 0 Å². The van der Waals surface area contributed by atoms with Crippen LogP contribution in [0.25, 0.3) is 0 Å². The van der Waals surface area contributed by atoms with Crippen LogP contribution < -0.4 is 0 Å². The van der Waals surface area contributed by atoms with Crippen LogP contribution in [0.2, 0.25) is 0 Å². The number of hydrogen-bond acceptors (Lipinski definition) is 12. The molecule has 3 aliphatic rings. The van der Waals surface area contributed by atoms with Crippen molar-refractivity contribution < 1.29 is 65.8 Å². The van der Waals surface area contributed by atoms with E-state index < -0.39 is 77.0 Å². The molecule has 11 atom stereocenters. The van der Waals surface area contributed by atoms with Gasteiger partial charge < -0.3 is 38.6 Å². The molecule has 0 saturated carbocycles. The minimum Gasteiger partial charge on any atom is -0.396 e. The van der Waals surface area contributed by atoms with E-state index >= 15 is 0 Å². The summed E-state index contributed by atoms with van der Waals surface area (Å²) >= 11 is 0. The van der Waals surface area contributed by atoms with Gasteiger partial charge in [0.1, 0.15) is 40.1 Å². The number of phosphoric ester groups is 2. The van der Waals surface area contributed by atoms with Gasteiger partial charge in [-0.1, -0.05) is 0 Å². The van der Waals surface area contributed by atoms with Gasteiger partial charge in [0.2, 0.25) is 0 Å². The zero-order chi connectivity index (χ0) is 27.2. The van der Waals surface area contributed by atoms with Crippen LogP contribution in [0.4, 0.5) is 0 Å². The Balaban J connectivity index is 1.56. The zero-order valence-electron chi connectivity index (χ0n) is 20.7. The summed E-state index contributed by atoms with van der Waals surface area (Å²) in [7, 11) is 5.12. The first-order chi connectivity index (χ1) is 17.4. The van der Waals surface area contributed by atoms with Gasteiger partial charge in [-0.2, -0.15) is 0 Å². The van der Waals surface area contributed by atoms with Crippen LogP contribution in [-0.2, 0) is 50.9 Å². The predicted molar refractivity (Wildman–Crippen MR) is 127 cm³/mol. The van der Waals surface area contributed by atoms with E-state index in [-0.39, 0.29) is 39.1 Å². The molecule has 0 aromatic carbocycles. The molecule has 3 rings (SSSR count). The number of phosphoric acid groups is 2. The molecule has 14 nitrogen and oxygen atoms in total. The molecular weight excluding hydrogens is 536 g/mol. The minimum atomic E-state index is -4.63. The Labute approximate surface area is 218 Å². The third kappa shape index (κ3) is 9.61. The summed E-state index contributed by atoms with van der Waals surface area (Å²) in [6.45, 7) is -0.942. The first kappa shape index (κ1) is 31.6. The fourth-order valence-corrected chi connectivity index (χ4v) is 6.36. The van der Waals surface area contributed by atoms with E-state index in [0.29, 0.717) is 6.42 Å². The van der Waals surface area contributed by atoms with Crippen molar-refractivity contribution in [2.24, 2.45) is 0 Å². The summed E-state index contributed by atoms with van der Waals surface area (Å²) in [5.41, 5.74) is 0. The second-order valence-corrected chi connectivity index (χ2v) is 11.8. The summed E-state index contributed by atoms with van der Waals surface area (Å²) < 4.78 is 72.8. The lowest BCUT2D eigenvalue weighted by molar-refractivity contribution is -0.0455. The molecule has 3 aliphatic heterocycles. The molecule has 0 spiro atoms. The number of rotatable bonds is 15. The zero-order valence-corrected chi connectivity index (χ0v) is 22.5. The van der Waals surface area contributed by atoms with Gasteiger partial charge in [-0.05, 0) is 19.3 Å². The second kappa shape index (κ2) is 14.1. The van der Waals surface area contributed by atoms with E-state index in [1.165, 1.54) is 14.2 Å². The van der Waals surface area contributed by atoms with Crippen molar-refractivity contribution in [2.45, 2.75) is 80.4 Å². The van der Waals surface area contributed by atoms with Gasteiger partial charge in [0.15, 0.2) is 0 Å². The predicted octanol–water partition coefficient (Wildman–Crippen LogP) is -0.241. The van der Waals surface area contributed by atoms with Crippen molar-refractivity contribution in [3.63, 3.8) is 0 Å². The molecule has 0 bridgehead atoms. The molecule has 0 aromatic heterocycles. The van der Waals surface area contributed by atoms with Gasteiger partial charge in [0.25, 0.3) is 0 Å². The summed E-state index contributed by atoms with van der Waals surface area (Å²) in [6.07, 6.45) is -4.38. The lowest BCUT2D eigenvalue weighted by Gasteiger charge is -2.25. The molecule has 3 fully saturated rings. The molecule has 11 unspecified atom stereocenters. The van der Waals surface area contributed by atoms with Gasteiger partial charge in [0.05, 0.1) is 38.1 Å². The lowest BCUT2D eigenvalue weighted by atomic mass is 9.96. The first-order valence-corrected chi connectivity index (χ1v) is 14.9. The Bertz CT molecular complexity index is 811. The monoisotopic (exact) mass is 570 g/mol. The van der Waals surface area contributed by atoms with Crippen molar-refractivity contribution in [1.29, 1.82) is 0 Å². The molecule has 0 amide bonds. The van der Waals surface area contributed by atoms with Crippen molar-refractivity contribution >= 4 is 31.3 Å². The maximum absolute atomic E-state index is 12.6. The van der Waals surface area contributed by atoms with E-state index in [1.807, 2.05) is 0 Å². The Morgan fingerprint density at radius 1 is 0.784 bits per heavy atom. The van der Waals surface area contributed by atoms with Crippen molar-refractivity contribution in [3.8, 4) is 0 Å². The lowest BCUT2D eigenvalue weighted by Crippen LogP contribution is -2.31. The number of ether oxygens (including phenoxy) is 5. The van der Waals surface area contributed by atoms with E-state index in [1.54, 1.807) is 0 Å². The number of aliphatic hydroxyl groups is 1. The standard InChI is InChI=1S/C19H34B2O14P2/c1-27-8-15-14(7-19(21)32-15)35-37(25,26)30-10-17-13(5-11(31-17)3-4-22)34-36(23,24)29-9-16-12(28-2)6-18(20)33-16/h11-19,22H,3-10H2,1-2H3,(H,23,24)(H,25,26). The van der Waals surface area contributed by atoms with Gasteiger partial charge in [0, 0.05) is 39.3 Å². The topological polar surface area (TPSA) is 178 Å². The third-order valence-electron chi connectivity index (χ3n) is 6.16. The molecule has 37 heavy (non-hydrogen) atoms. The molecule has 4 radical (unpaired) electrons. The molecule has 0 aromatic rings. The molecule has 0 aliphatic carbocycles. The summed E-state index contributed by atoms with van der Waals surface area (Å²) in [5, 5.41) is 9.26. The van der Waals surface area contributed by atoms with E-state index in [0.717, 1.165) is 0 Å². The van der Waals surface area contributed by atoms with Crippen LogP contribution in [0.5, 0.6) is 0 Å². The maximum atomic E-state index is 12.6. The highest BCUT2D eigenvalue weighted by molar-refractivity contribution is 7.47. The Hall–Kier alpha value is 0.110. The van der Waals surface area contributed by atoms with E-state index in [4.69, 9.17) is 57.5 Å². The Morgan fingerprint density at radius 2 is 1.27 bits per heavy atom. The highest BCUT2D eigenvalue weighted by atomic mass is 31.2. The molecule has 3 saturated heterocycles. The van der Waals surface area contributed by atoms with E-state index in [9.17, 15) is 24.0 Å². The average Bonchev–Trinajstić information content (AvgIpc) is 3.47. The van der Waals surface area contributed by atoms with Crippen LogP contribution in [0.3, 0.4) is 0 Å². The SMILES string of the molecule is [B]C1CC(OC)C(COP(=O)(O)OC2CC(CCO)OC2COP(=O)(O)OC2CC([B])OC2COC)O1. The van der Waals surface area contributed by atoms with Crippen LogP contribution >= 0.6 is 15.6 Å². The fourth-order valence-electron chi connectivity index (χ4n) is 4.44. The number of hydrogen-bond donors (Lipinski definition) is 3. The first-order valence-electron chi connectivity index (χ1n) is 11.9. The normalized spacial score (nSPS) is 39.5. The van der Waals surface area contributed by atoms with Crippen LogP contribution in [-0.4, -0.2) is 126 Å². The maximum Gasteiger partial charge on any atom is 0.472 e. The van der Waals surface area contributed by atoms with E-state index in [2.05, 4.69) is 0 Å². The molecule has 3 heterocycles. The number of aliphatic hydroxyl groups excluding tert-OH is 1. The Morgan fingerprint density at radius 3 is 1.78 bits per heavy atom. The van der Waals surface area contributed by atoms with Gasteiger partial charge >= 0.3 is 15.6 Å². The molecular formula is C19H34B2O14P2. The highest BCUT2D eigenvalue weighted by Gasteiger charge is 2.44. The van der Waals surface area contributed by atoms with Crippen LogP contribution in [0, 0.1) is 0 Å². The summed E-state index contributed by atoms with van der Waals surface area (Å²) in [5.74, 6) is 0. The quantitative estimate of drug-likeness (QED) is 0.174. The number of methoxy groups -OCH3 is 2. The summed E-state index contributed by atoms with van der Waals surface area (Å²) in [6, 6.07) is -1.28. The van der Waals surface area contributed by atoms with Crippen LogP contribution in [0.1, 0.15) is 25.7 Å². The fraction of sp³-hybridized carbons (Fsp3) is 1.00. The molecule has 3 N–H and O–H groups in total. The minimum absolute atomic E-state index is 0.0948. The van der Waals surface area contributed by atoms with Crippen molar-refractivity contribution in [2.75, 3.05) is 40.6 Å². The third-order valence-corrected chi connectivity index (χ3v) is 8.19. The second-order valence-electron chi connectivity index (χ2n) is 8.99. The molecule has 18 heteroatoms. The largest absolute Gasteiger partial charge is 0.472 e. The average molecular weight is 570 g/mol. The molecule has 210 valence electrons. The van der Waals surface area contributed by atoms with Gasteiger partial charge in [-0.25, -0.2) is 9.13 Å². The summed E-state index contributed by atoms with van der Waals surface area (Å²) in [4.78, 5) is 20.5.